The Kier molecular flexibility index (Phi) is 7.53. The molecule has 178 valence electrons. The lowest BCUT2D eigenvalue weighted by atomic mass is 10.2. The van der Waals surface area contributed by atoms with Crippen molar-refractivity contribution in [2.45, 2.75) is 13.5 Å². The van der Waals surface area contributed by atoms with E-state index in [1.54, 1.807) is 60.7 Å². The normalized spacial score (nSPS) is 14.5. The zero-order chi connectivity index (χ0) is 24.9. The highest BCUT2D eigenvalue weighted by Gasteiger charge is 2.36. The van der Waals surface area contributed by atoms with E-state index in [2.05, 4.69) is 5.32 Å². The van der Waals surface area contributed by atoms with Crippen LogP contribution in [-0.2, 0) is 16.2 Å². The minimum absolute atomic E-state index is 0.206. The van der Waals surface area contributed by atoms with Crippen molar-refractivity contribution in [3.05, 3.63) is 99.2 Å². The summed E-state index contributed by atoms with van der Waals surface area (Å²) in [5.74, 6) is -0.814. The first-order valence-electron chi connectivity index (χ1n) is 10.6. The number of imide groups is 1. The quantitative estimate of drug-likeness (QED) is 0.392. The SMILES string of the molecule is Cc1ccc(Cl)cc1NC(=O)CN1C(=O)S/C(=C/c2cccc(OCc3ccc(F)cc3)c2)C1=O. The lowest BCUT2D eigenvalue weighted by molar-refractivity contribution is -0.127. The predicted octanol–water partition coefficient (Wildman–Crippen LogP) is 6.04. The number of thioether (sulfide) groups is 1. The van der Waals surface area contributed by atoms with E-state index in [0.29, 0.717) is 22.0 Å². The van der Waals surface area contributed by atoms with Crippen LogP contribution in [0.1, 0.15) is 16.7 Å². The molecule has 3 aromatic carbocycles. The van der Waals surface area contributed by atoms with Crippen molar-refractivity contribution in [1.82, 2.24) is 4.90 Å². The molecule has 9 heteroatoms. The number of nitrogens with one attached hydrogen (secondary N) is 1. The summed E-state index contributed by atoms with van der Waals surface area (Å²) >= 11 is 6.75. The number of aryl methyl sites for hydroxylation is 1. The smallest absolute Gasteiger partial charge is 0.294 e. The second-order valence-electron chi connectivity index (χ2n) is 7.76. The van der Waals surface area contributed by atoms with Gasteiger partial charge in [-0.2, -0.15) is 0 Å². The van der Waals surface area contributed by atoms with Crippen LogP contribution in [0.3, 0.4) is 0 Å². The van der Waals surface area contributed by atoms with Gasteiger partial charge in [-0.15, -0.1) is 0 Å². The highest BCUT2D eigenvalue weighted by Crippen LogP contribution is 2.32. The fourth-order valence-corrected chi connectivity index (χ4v) is 4.30. The molecule has 1 aliphatic heterocycles. The van der Waals surface area contributed by atoms with E-state index < -0.39 is 23.6 Å². The number of ether oxygens (including phenoxy) is 1. The van der Waals surface area contributed by atoms with E-state index in [0.717, 1.165) is 27.8 Å². The number of rotatable bonds is 7. The molecule has 1 heterocycles. The summed E-state index contributed by atoms with van der Waals surface area (Å²) in [7, 11) is 0. The number of benzene rings is 3. The molecule has 6 nitrogen and oxygen atoms in total. The Labute approximate surface area is 210 Å². The largest absolute Gasteiger partial charge is 0.489 e. The van der Waals surface area contributed by atoms with Gasteiger partial charge in [0.15, 0.2) is 0 Å². The van der Waals surface area contributed by atoms with Gasteiger partial charge >= 0.3 is 0 Å². The molecule has 0 aliphatic carbocycles. The molecule has 1 N–H and O–H groups in total. The van der Waals surface area contributed by atoms with Crippen molar-refractivity contribution in [1.29, 1.82) is 0 Å². The average molecular weight is 511 g/mol. The van der Waals surface area contributed by atoms with Crippen LogP contribution in [0.2, 0.25) is 5.02 Å². The van der Waals surface area contributed by atoms with Crippen molar-refractivity contribution < 1.29 is 23.5 Å². The van der Waals surface area contributed by atoms with Gasteiger partial charge in [0.1, 0.15) is 24.7 Å². The third-order valence-electron chi connectivity index (χ3n) is 5.12. The first kappa shape index (κ1) is 24.5. The number of hydrogen-bond acceptors (Lipinski definition) is 5. The molecule has 0 atom stereocenters. The monoisotopic (exact) mass is 510 g/mol. The second-order valence-corrected chi connectivity index (χ2v) is 9.19. The van der Waals surface area contributed by atoms with E-state index in [1.807, 2.05) is 6.92 Å². The summed E-state index contributed by atoms with van der Waals surface area (Å²) in [5.41, 5.74) is 2.79. The van der Waals surface area contributed by atoms with Crippen molar-refractivity contribution in [3.63, 3.8) is 0 Å². The Bertz CT molecular complexity index is 1330. The van der Waals surface area contributed by atoms with Gasteiger partial charge in [-0.3, -0.25) is 19.3 Å². The lowest BCUT2D eigenvalue weighted by Crippen LogP contribution is -2.36. The van der Waals surface area contributed by atoms with Crippen LogP contribution >= 0.6 is 23.4 Å². The summed E-state index contributed by atoms with van der Waals surface area (Å²) < 4.78 is 18.8. The van der Waals surface area contributed by atoms with Crippen LogP contribution in [0.5, 0.6) is 5.75 Å². The highest BCUT2D eigenvalue weighted by atomic mass is 35.5. The van der Waals surface area contributed by atoms with E-state index >= 15 is 0 Å². The van der Waals surface area contributed by atoms with E-state index in [9.17, 15) is 18.8 Å². The maximum atomic E-state index is 13.1. The zero-order valence-electron chi connectivity index (χ0n) is 18.6. The molecule has 35 heavy (non-hydrogen) atoms. The third kappa shape index (κ3) is 6.29. The first-order chi connectivity index (χ1) is 16.8. The summed E-state index contributed by atoms with van der Waals surface area (Å²) in [6.07, 6.45) is 1.58. The van der Waals surface area contributed by atoms with Crippen LogP contribution in [0.15, 0.2) is 71.6 Å². The van der Waals surface area contributed by atoms with E-state index in [1.165, 1.54) is 12.1 Å². The minimum Gasteiger partial charge on any atom is -0.489 e. The van der Waals surface area contributed by atoms with Gasteiger partial charge in [-0.05, 0) is 77.9 Å². The zero-order valence-corrected chi connectivity index (χ0v) is 20.2. The minimum atomic E-state index is -0.546. The van der Waals surface area contributed by atoms with Gasteiger partial charge in [0.2, 0.25) is 5.91 Å². The molecule has 1 saturated heterocycles. The number of amides is 3. The van der Waals surface area contributed by atoms with Gasteiger partial charge in [0, 0.05) is 10.7 Å². The highest BCUT2D eigenvalue weighted by molar-refractivity contribution is 8.18. The topological polar surface area (TPSA) is 75.7 Å². The van der Waals surface area contributed by atoms with Gasteiger partial charge in [-0.25, -0.2) is 4.39 Å². The average Bonchev–Trinajstić information content (AvgIpc) is 3.08. The van der Waals surface area contributed by atoms with Crippen LogP contribution in [0.4, 0.5) is 14.9 Å². The van der Waals surface area contributed by atoms with Gasteiger partial charge in [0.05, 0.1) is 4.91 Å². The van der Waals surface area contributed by atoms with Crippen molar-refractivity contribution >= 4 is 52.2 Å². The Morgan fingerprint density at radius 3 is 2.66 bits per heavy atom. The Morgan fingerprint density at radius 1 is 1.11 bits per heavy atom. The number of anilines is 1. The van der Waals surface area contributed by atoms with Crippen LogP contribution in [-0.4, -0.2) is 28.5 Å². The summed E-state index contributed by atoms with van der Waals surface area (Å²) in [6, 6.07) is 18.1. The molecule has 0 bridgehead atoms. The Morgan fingerprint density at radius 2 is 1.89 bits per heavy atom. The van der Waals surface area contributed by atoms with Gasteiger partial charge < -0.3 is 10.1 Å². The number of halogens is 2. The number of carbonyl (C=O) groups is 3. The summed E-state index contributed by atoms with van der Waals surface area (Å²) in [5, 5.41) is 2.62. The standard InChI is InChI=1S/C26H20ClFN2O4S/c1-16-5-8-19(27)13-22(16)29-24(31)14-30-25(32)23(35-26(30)33)12-18-3-2-4-21(11-18)34-15-17-6-9-20(28)10-7-17/h2-13H,14-15H2,1H3,(H,29,31)/b23-12+. The van der Waals surface area contributed by atoms with Gasteiger partial charge in [-0.1, -0.05) is 41.9 Å². The second kappa shape index (κ2) is 10.8. The molecule has 0 radical (unpaired) electrons. The summed E-state index contributed by atoms with van der Waals surface area (Å²) in [4.78, 5) is 38.8. The van der Waals surface area contributed by atoms with Crippen LogP contribution < -0.4 is 10.1 Å². The van der Waals surface area contributed by atoms with E-state index in [4.69, 9.17) is 16.3 Å². The fourth-order valence-electron chi connectivity index (χ4n) is 3.29. The molecule has 4 rings (SSSR count). The molecule has 0 aromatic heterocycles. The molecule has 0 unspecified atom stereocenters. The van der Waals surface area contributed by atoms with Crippen LogP contribution in [0, 0.1) is 12.7 Å². The van der Waals surface area contributed by atoms with Crippen LogP contribution in [0.25, 0.3) is 6.08 Å². The number of carbonyl (C=O) groups excluding carboxylic acids is 3. The summed E-state index contributed by atoms with van der Waals surface area (Å²) in [6.45, 7) is 1.66. The van der Waals surface area contributed by atoms with Crippen molar-refractivity contribution in [3.8, 4) is 5.75 Å². The lowest BCUT2D eigenvalue weighted by Gasteiger charge is -2.13. The first-order valence-corrected chi connectivity index (χ1v) is 11.8. The number of hydrogen-bond donors (Lipinski definition) is 1. The molecular weight excluding hydrogens is 491 g/mol. The maximum absolute atomic E-state index is 13.1. The molecule has 0 saturated carbocycles. The molecule has 1 aliphatic rings. The molecule has 3 amide bonds. The predicted molar refractivity (Wildman–Crippen MR) is 135 cm³/mol. The third-order valence-corrected chi connectivity index (χ3v) is 6.27. The van der Waals surface area contributed by atoms with E-state index in [-0.39, 0.29) is 17.3 Å². The molecule has 1 fully saturated rings. The van der Waals surface area contributed by atoms with Gasteiger partial charge in [0.25, 0.3) is 11.1 Å². The molecule has 3 aromatic rings. The number of nitrogens with zero attached hydrogens (tertiary/aromatic N) is 1. The Hall–Kier alpha value is -3.62. The fraction of sp³-hybridized carbons (Fsp3) is 0.115. The molecular formula is C26H20ClFN2O4S. The maximum Gasteiger partial charge on any atom is 0.294 e. The van der Waals surface area contributed by atoms with Crippen molar-refractivity contribution in [2.75, 3.05) is 11.9 Å². The van der Waals surface area contributed by atoms with Crippen molar-refractivity contribution in [2.24, 2.45) is 0 Å². The Balaban J connectivity index is 1.40. The molecule has 0 spiro atoms.